The third kappa shape index (κ3) is 2.44. The number of aromatic amines is 1. The van der Waals surface area contributed by atoms with Crippen molar-refractivity contribution in [1.29, 1.82) is 0 Å². The highest BCUT2D eigenvalue weighted by atomic mass is 16.5. The van der Waals surface area contributed by atoms with Gasteiger partial charge >= 0.3 is 5.76 Å². The summed E-state index contributed by atoms with van der Waals surface area (Å²) < 4.78 is 10.5. The Balaban J connectivity index is 2.25. The molecule has 1 saturated carbocycles. The number of nitrogens with zero attached hydrogens (tertiary/aromatic N) is 1. The van der Waals surface area contributed by atoms with Gasteiger partial charge in [0, 0.05) is 6.61 Å². The van der Waals surface area contributed by atoms with Crippen LogP contribution in [-0.4, -0.2) is 16.7 Å². The van der Waals surface area contributed by atoms with E-state index in [9.17, 15) is 4.79 Å². The van der Waals surface area contributed by atoms with Crippen LogP contribution in [0.5, 0.6) is 0 Å². The maximum atomic E-state index is 11.1. The first-order valence-corrected chi connectivity index (χ1v) is 6.18. The number of H-pyrrole nitrogens is 1. The second-order valence-electron chi connectivity index (χ2n) is 5.54. The van der Waals surface area contributed by atoms with Crippen molar-refractivity contribution >= 4 is 0 Å². The highest BCUT2D eigenvalue weighted by Crippen LogP contribution is 2.46. The van der Waals surface area contributed by atoms with Crippen molar-refractivity contribution in [1.82, 2.24) is 10.1 Å². The maximum Gasteiger partial charge on any atom is 0.439 e. The summed E-state index contributed by atoms with van der Waals surface area (Å²) in [5.74, 6) is 0.0313. The summed E-state index contributed by atoms with van der Waals surface area (Å²) in [5.41, 5.74) is -0.124. The lowest BCUT2D eigenvalue weighted by Crippen LogP contribution is -2.38. The Morgan fingerprint density at radius 1 is 1.35 bits per heavy atom. The fourth-order valence-corrected chi connectivity index (χ4v) is 2.48. The molecule has 1 aliphatic rings. The van der Waals surface area contributed by atoms with Gasteiger partial charge in [-0.1, -0.05) is 19.0 Å². The van der Waals surface area contributed by atoms with Gasteiger partial charge in [0.25, 0.3) is 0 Å². The molecule has 1 N–H and O–H groups in total. The summed E-state index contributed by atoms with van der Waals surface area (Å²) in [5, 5.41) is 3.81. The van der Waals surface area contributed by atoms with E-state index in [1.165, 1.54) is 0 Å². The molecule has 1 aromatic rings. The molecule has 1 aliphatic carbocycles. The van der Waals surface area contributed by atoms with Crippen molar-refractivity contribution in [3.63, 3.8) is 0 Å². The zero-order chi connectivity index (χ0) is 12.5. The van der Waals surface area contributed by atoms with Crippen molar-refractivity contribution in [3.8, 4) is 0 Å². The number of ether oxygens (including phenoxy) is 1. The van der Waals surface area contributed by atoms with E-state index in [-0.39, 0.29) is 0 Å². The summed E-state index contributed by atoms with van der Waals surface area (Å²) in [4.78, 5) is 13.7. The van der Waals surface area contributed by atoms with E-state index in [4.69, 9.17) is 4.74 Å². The molecule has 0 aromatic carbocycles. The van der Waals surface area contributed by atoms with Gasteiger partial charge in [-0.3, -0.25) is 9.51 Å². The third-order valence-electron chi connectivity index (χ3n) is 3.70. The van der Waals surface area contributed by atoms with E-state index in [0.29, 0.717) is 17.8 Å². The molecule has 5 nitrogen and oxygen atoms in total. The quantitative estimate of drug-likeness (QED) is 0.879. The molecule has 2 rings (SSSR count). The zero-order valence-electron chi connectivity index (χ0n) is 10.7. The first-order valence-electron chi connectivity index (χ1n) is 6.18. The third-order valence-corrected chi connectivity index (χ3v) is 3.70. The van der Waals surface area contributed by atoms with Crippen LogP contribution in [0.25, 0.3) is 0 Å². The Bertz CT molecular complexity index is 423. The van der Waals surface area contributed by atoms with Crippen molar-refractivity contribution in [3.05, 3.63) is 16.4 Å². The molecule has 0 unspecified atom stereocenters. The number of hydrogen-bond donors (Lipinski definition) is 1. The molecular formula is C12H20N2O3. The molecule has 1 aromatic heterocycles. The van der Waals surface area contributed by atoms with Crippen LogP contribution in [-0.2, 0) is 10.3 Å². The van der Waals surface area contributed by atoms with Crippen molar-refractivity contribution < 1.29 is 9.26 Å². The molecular weight excluding hydrogens is 220 g/mol. The largest absolute Gasteiger partial charge is 0.439 e. The van der Waals surface area contributed by atoms with E-state index in [2.05, 4.69) is 28.5 Å². The minimum atomic E-state index is -0.510. The first kappa shape index (κ1) is 12.4. The van der Waals surface area contributed by atoms with E-state index < -0.39 is 11.4 Å². The van der Waals surface area contributed by atoms with E-state index >= 15 is 0 Å². The van der Waals surface area contributed by atoms with Gasteiger partial charge in [-0.2, -0.15) is 0 Å². The Labute approximate surface area is 101 Å². The molecule has 17 heavy (non-hydrogen) atoms. The SMILES string of the molecule is CCOC1(c2noc(=O)[nH]2)CCC(C)(C)CC1. The monoisotopic (exact) mass is 240 g/mol. The van der Waals surface area contributed by atoms with E-state index in [0.717, 1.165) is 25.7 Å². The number of nitrogens with one attached hydrogen (secondary N) is 1. The Morgan fingerprint density at radius 2 is 2.00 bits per heavy atom. The average Bonchev–Trinajstić information content (AvgIpc) is 2.69. The number of rotatable bonds is 3. The minimum absolute atomic E-state index is 0.338. The Morgan fingerprint density at radius 3 is 2.47 bits per heavy atom. The van der Waals surface area contributed by atoms with E-state index in [1.807, 2.05) is 6.92 Å². The molecule has 5 heteroatoms. The lowest BCUT2D eigenvalue weighted by Gasteiger charge is -2.41. The van der Waals surface area contributed by atoms with Gasteiger partial charge in [0.15, 0.2) is 5.82 Å². The zero-order valence-corrected chi connectivity index (χ0v) is 10.7. The summed E-state index contributed by atoms with van der Waals surface area (Å²) in [7, 11) is 0. The Hall–Kier alpha value is -1.10. The van der Waals surface area contributed by atoms with E-state index in [1.54, 1.807) is 0 Å². The van der Waals surface area contributed by atoms with Gasteiger partial charge in [0.1, 0.15) is 5.60 Å². The topological polar surface area (TPSA) is 68.1 Å². The van der Waals surface area contributed by atoms with Crippen LogP contribution < -0.4 is 5.76 Å². The van der Waals surface area contributed by atoms with Gasteiger partial charge in [-0.05, 0) is 38.0 Å². The molecule has 0 amide bonds. The average molecular weight is 240 g/mol. The van der Waals surface area contributed by atoms with Gasteiger partial charge < -0.3 is 4.74 Å². The van der Waals surface area contributed by atoms with Crippen molar-refractivity contribution in [2.75, 3.05) is 6.61 Å². The van der Waals surface area contributed by atoms with Crippen molar-refractivity contribution in [2.45, 2.75) is 52.1 Å². The lowest BCUT2D eigenvalue weighted by atomic mass is 9.70. The normalized spacial score (nSPS) is 22.5. The predicted molar refractivity (Wildman–Crippen MR) is 62.7 cm³/mol. The van der Waals surface area contributed by atoms with Crippen LogP contribution in [0.1, 0.15) is 52.3 Å². The second-order valence-corrected chi connectivity index (χ2v) is 5.54. The fourth-order valence-electron chi connectivity index (χ4n) is 2.48. The highest BCUT2D eigenvalue weighted by molar-refractivity contribution is 5.03. The summed E-state index contributed by atoms with van der Waals surface area (Å²) in [6.07, 6.45) is 3.86. The minimum Gasteiger partial charge on any atom is -0.367 e. The number of hydrogen-bond acceptors (Lipinski definition) is 4. The fraction of sp³-hybridized carbons (Fsp3) is 0.833. The summed E-state index contributed by atoms with van der Waals surface area (Å²) in [6, 6.07) is 0. The molecule has 0 spiro atoms. The molecule has 96 valence electrons. The maximum absolute atomic E-state index is 11.1. The second kappa shape index (κ2) is 4.29. The molecule has 0 saturated heterocycles. The van der Waals surface area contributed by atoms with Crippen LogP contribution >= 0.6 is 0 Å². The molecule has 0 bridgehead atoms. The molecule has 0 aliphatic heterocycles. The molecule has 1 heterocycles. The first-order chi connectivity index (χ1) is 7.97. The number of aromatic nitrogens is 2. The summed E-state index contributed by atoms with van der Waals surface area (Å²) >= 11 is 0. The standard InChI is InChI=1S/C12H20N2O3/c1-4-16-12(9-13-10(15)17-14-9)7-5-11(2,3)6-8-12/h4-8H2,1-3H3,(H,13,14,15). The smallest absolute Gasteiger partial charge is 0.367 e. The van der Waals surface area contributed by atoms with Crippen molar-refractivity contribution in [2.24, 2.45) is 5.41 Å². The van der Waals surface area contributed by atoms with Gasteiger partial charge in [0.2, 0.25) is 0 Å². The van der Waals surface area contributed by atoms with Crippen LogP contribution in [0.4, 0.5) is 0 Å². The lowest BCUT2D eigenvalue weighted by molar-refractivity contribution is -0.0957. The molecule has 0 radical (unpaired) electrons. The Kier molecular flexibility index (Phi) is 3.12. The highest BCUT2D eigenvalue weighted by Gasteiger charge is 2.43. The van der Waals surface area contributed by atoms with Gasteiger partial charge in [0.05, 0.1) is 0 Å². The predicted octanol–water partition coefficient (Wildman–Crippen LogP) is 2.19. The van der Waals surface area contributed by atoms with Crippen LogP contribution in [0.15, 0.2) is 9.32 Å². The van der Waals surface area contributed by atoms with Gasteiger partial charge in [-0.25, -0.2) is 4.79 Å². The van der Waals surface area contributed by atoms with Gasteiger partial charge in [-0.15, -0.1) is 0 Å². The molecule has 1 fully saturated rings. The summed E-state index contributed by atoms with van der Waals surface area (Å²) in [6.45, 7) is 7.08. The van der Waals surface area contributed by atoms with Crippen LogP contribution in [0.3, 0.4) is 0 Å². The van der Waals surface area contributed by atoms with Crippen LogP contribution in [0, 0.1) is 5.41 Å². The molecule has 0 atom stereocenters. The van der Waals surface area contributed by atoms with Crippen LogP contribution in [0.2, 0.25) is 0 Å².